The van der Waals surface area contributed by atoms with Gasteiger partial charge in [-0.3, -0.25) is 9.69 Å². The molecule has 3 heterocycles. The van der Waals surface area contributed by atoms with Gasteiger partial charge in [0.1, 0.15) is 0 Å². The Hall–Kier alpha value is -1.81. The molecule has 0 N–H and O–H groups in total. The molecule has 33 heavy (non-hydrogen) atoms. The van der Waals surface area contributed by atoms with Crippen molar-refractivity contribution < 1.29 is 13.2 Å². The molecule has 2 aliphatic rings. The number of hydrogen-bond acceptors (Lipinski definition) is 6. The smallest absolute Gasteiger partial charge is 0.243 e. The van der Waals surface area contributed by atoms with Crippen LogP contribution in [0.1, 0.15) is 48.9 Å². The van der Waals surface area contributed by atoms with Gasteiger partial charge in [0, 0.05) is 57.6 Å². The Kier molecular flexibility index (Phi) is 8.16. The quantitative estimate of drug-likeness (QED) is 0.568. The van der Waals surface area contributed by atoms with Crippen LogP contribution in [0.2, 0.25) is 0 Å². The van der Waals surface area contributed by atoms with E-state index in [1.807, 2.05) is 17.0 Å². The molecule has 0 unspecified atom stereocenters. The first kappa shape index (κ1) is 24.3. The Balaban J connectivity index is 1.23. The molecule has 7 nitrogen and oxygen atoms in total. The summed E-state index contributed by atoms with van der Waals surface area (Å²) in [6.07, 6.45) is 5.01. The monoisotopic (exact) mass is 490 g/mol. The van der Waals surface area contributed by atoms with Gasteiger partial charge in [-0.05, 0) is 43.4 Å². The van der Waals surface area contributed by atoms with Gasteiger partial charge in [-0.15, -0.1) is 11.3 Å². The summed E-state index contributed by atoms with van der Waals surface area (Å²) < 4.78 is 27.2. The summed E-state index contributed by atoms with van der Waals surface area (Å²) in [5.74, 6) is 0.168. The third-order valence-corrected chi connectivity index (χ3v) is 9.47. The highest BCUT2D eigenvalue weighted by Gasteiger charge is 2.26. The zero-order valence-corrected chi connectivity index (χ0v) is 21.0. The van der Waals surface area contributed by atoms with Crippen LogP contribution in [0.25, 0.3) is 0 Å². The van der Waals surface area contributed by atoms with Crippen molar-refractivity contribution in [3.63, 3.8) is 0 Å². The van der Waals surface area contributed by atoms with Crippen LogP contribution in [-0.2, 0) is 34.2 Å². The van der Waals surface area contributed by atoms with Gasteiger partial charge < -0.3 is 4.90 Å². The van der Waals surface area contributed by atoms with E-state index < -0.39 is 10.0 Å². The molecule has 2 aliphatic heterocycles. The number of amides is 1. The number of rotatable bonds is 8. The fourth-order valence-electron chi connectivity index (χ4n) is 4.46. The van der Waals surface area contributed by atoms with Gasteiger partial charge in [0.05, 0.1) is 15.6 Å². The van der Waals surface area contributed by atoms with Gasteiger partial charge >= 0.3 is 0 Å². The normalized spacial score (nSPS) is 18.5. The number of carbonyl (C=O) groups excluding carboxylic acids is 1. The van der Waals surface area contributed by atoms with Gasteiger partial charge in [-0.25, -0.2) is 13.4 Å². The van der Waals surface area contributed by atoms with E-state index in [4.69, 9.17) is 0 Å². The molecule has 2 fully saturated rings. The molecule has 0 radical (unpaired) electrons. The Labute approximate surface area is 201 Å². The lowest BCUT2D eigenvalue weighted by molar-refractivity contribution is -0.133. The lowest BCUT2D eigenvalue weighted by Crippen LogP contribution is -2.48. The second kappa shape index (κ2) is 11.1. The van der Waals surface area contributed by atoms with Crippen molar-refractivity contribution in [3.05, 3.63) is 45.9 Å². The molecule has 1 amide bonds. The van der Waals surface area contributed by atoms with E-state index in [0.717, 1.165) is 69.7 Å². The van der Waals surface area contributed by atoms with Gasteiger partial charge in [-0.1, -0.05) is 25.5 Å². The fraction of sp³-hybridized carbons (Fsp3) is 0.583. The number of thiazole rings is 1. The van der Waals surface area contributed by atoms with E-state index in [9.17, 15) is 13.2 Å². The highest BCUT2D eigenvalue weighted by molar-refractivity contribution is 7.89. The maximum Gasteiger partial charge on any atom is 0.243 e. The summed E-state index contributed by atoms with van der Waals surface area (Å²) in [6, 6.07) is 7.07. The number of nitrogens with zero attached hydrogens (tertiary/aromatic N) is 4. The molecule has 0 aliphatic carbocycles. The lowest BCUT2D eigenvalue weighted by atomic mass is 10.1. The molecule has 2 aromatic rings. The van der Waals surface area contributed by atoms with Crippen LogP contribution >= 0.6 is 11.3 Å². The zero-order chi connectivity index (χ0) is 23.3. The van der Waals surface area contributed by atoms with E-state index in [1.54, 1.807) is 27.8 Å². The van der Waals surface area contributed by atoms with E-state index in [2.05, 4.69) is 22.2 Å². The number of piperazine rings is 1. The molecule has 9 heteroatoms. The minimum absolute atomic E-state index is 0.168. The predicted octanol–water partition coefficient (Wildman–Crippen LogP) is 3.16. The summed E-state index contributed by atoms with van der Waals surface area (Å²) >= 11 is 1.72. The summed E-state index contributed by atoms with van der Waals surface area (Å²) in [4.78, 5) is 22.0. The zero-order valence-electron chi connectivity index (χ0n) is 19.4. The first-order valence-corrected chi connectivity index (χ1v) is 14.3. The number of aromatic nitrogens is 1. The van der Waals surface area contributed by atoms with Crippen molar-refractivity contribution in [2.24, 2.45) is 0 Å². The minimum Gasteiger partial charge on any atom is -0.340 e. The third-order valence-electron chi connectivity index (χ3n) is 6.52. The maximum atomic E-state index is 12.8. The number of aryl methyl sites for hydroxylation is 2. The molecule has 0 bridgehead atoms. The Morgan fingerprint density at radius 2 is 1.70 bits per heavy atom. The van der Waals surface area contributed by atoms with Gasteiger partial charge in [0.25, 0.3) is 0 Å². The first-order chi connectivity index (χ1) is 16.0. The molecular formula is C24H34N4O3S2. The average Bonchev–Trinajstić information content (AvgIpc) is 3.31. The van der Waals surface area contributed by atoms with Gasteiger partial charge in [-0.2, -0.15) is 4.31 Å². The second-order valence-corrected chi connectivity index (χ2v) is 11.7. The molecule has 1 aromatic carbocycles. The largest absolute Gasteiger partial charge is 0.340 e. The van der Waals surface area contributed by atoms with Crippen LogP contribution in [-0.4, -0.2) is 72.7 Å². The first-order valence-electron chi connectivity index (χ1n) is 12.0. The van der Waals surface area contributed by atoms with Crippen LogP contribution in [0, 0.1) is 0 Å². The minimum atomic E-state index is -3.41. The molecule has 0 saturated carbocycles. The van der Waals surface area contributed by atoms with Crippen LogP contribution in [0.3, 0.4) is 0 Å². The molecule has 180 valence electrons. The summed E-state index contributed by atoms with van der Waals surface area (Å²) in [6.45, 7) is 7.42. The van der Waals surface area contributed by atoms with Crippen molar-refractivity contribution in [2.75, 3.05) is 39.3 Å². The third kappa shape index (κ3) is 6.20. The van der Waals surface area contributed by atoms with E-state index in [-0.39, 0.29) is 5.91 Å². The highest BCUT2D eigenvalue weighted by Crippen LogP contribution is 2.21. The lowest BCUT2D eigenvalue weighted by Gasteiger charge is -2.34. The number of benzene rings is 1. The summed E-state index contributed by atoms with van der Waals surface area (Å²) in [5.41, 5.74) is 2.12. The molecule has 0 spiro atoms. The number of piperidine rings is 1. The van der Waals surface area contributed by atoms with Crippen molar-refractivity contribution in [2.45, 2.75) is 56.9 Å². The van der Waals surface area contributed by atoms with Crippen LogP contribution in [0.15, 0.2) is 34.5 Å². The molecule has 4 rings (SSSR count). The molecular weight excluding hydrogens is 456 g/mol. The van der Waals surface area contributed by atoms with E-state index >= 15 is 0 Å². The Bertz CT molecular complexity index is 1020. The number of carbonyl (C=O) groups is 1. The Morgan fingerprint density at radius 1 is 1.00 bits per heavy atom. The van der Waals surface area contributed by atoms with Crippen molar-refractivity contribution >= 4 is 27.3 Å². The van der Waals surface area contributed by atoms with E-state index in [0.29, 0.717) is 30.8 Å². The van der Waals surface area contributed by atoms with Crippen molar-refractivity contribution in [1.29, 1.82) is 0 Å². The van der Waals surface area contributed by atoms with Crippen LogP contribution in [0.5, 0.6) is 0 Å². The number of hydrogen-bond donors (Lipinski definition) is 0. The highest BCUT2D eigenvalue weighted by atomic mass is 32.2. The van der Waals surface area contributed by atoms with E-state index in [1.165, 1.54) is 5.01 Å². The molecule has 1 aromatic heterocycles. The average molecular weight is 491 g/mol. The maximum absolute atomic E-state index is 12.8. The topological polar surface area (TPSA) is 73.8 Å². The van der Waals surface area contributed by atoms with Crippen LogP contribution in [0.4, 0.5) is 0 Å². The van der Waals surface area contributed by atoms with Crippen LogP contribution < -0.4 is 0 Å². The fourth-order valence-corrected chi connectivity index (χ4v) is 6.71. The van der Waals surface area contributed by atoms with Crippen molar-refractivity contribution in [3.8, 4) is 0 Å². The SMILES string of the molecule is CCc1nc(CN2CCN(C(=O)CCc3ccc(S(=O)(=O)N4CCCCC4)cc3)CC2)cs1. The summed E-state index contributed by atoms with van der Waals surface area (Å²) in [5, 5.41) is 3.32. The second-order valence-electron chi connectivity index (χ2n) is 8.85. The van der Waals surface area contributed by atoms with Gasteiger partial charge in [0.15, 0.2) is 0 Å². The molecule has 2 saturated heterocycles. The summed E-state index contributed by atoms with van der Waals surface area (Å²) in [7, 11) is -3.41. The molecule has 0 atom stereocenters. The van der Waals surface area contributed by atoms with Crippen molar-refractivity contribution in [1.82, 2.24) is 19.1 Å². The Morgan fingerprint density at radius 3 is 2.33 bits per heavy atom. The van der Waals surface area contributed by atoms with Gasteiger partial charge in [0.2, 0.25) is 15.9 Å². The standard InChI is InChI=1S/C24H34N4O3S2/c1-2-23-25-21(19-32-23)18-26-14-16-27(17-15-26)24(29)11-8-20-6-9-22(10-7-20)33(30,31)28-12-4-3-5-13-28/h6-7,9-10,19H,2-5,8,11-18H2,1H3. The number of sulfonamides is 1. The predicted molar refractivity (Wildman–Crippen MR) is 131 cm³/mol.